The number of ketones is 1. The van der Waals surface area contributed by atoms with Crippen LogP contribution in [0.2, 0.25) is 0 Å². The molecule has 0 aliphatic carbocycles. The monoisotopic (exact) mass is 874 g/mol. The van der Waals surface area contributed by atoms with E-state index in [2.05, 4.69) is 42.5 Å². The van der Waals surface area contributed by atoms with E-state index in [0.29, 0.717) is 18.6 Å². The van der Waals surface area contributed by atoms with Crippen molar-refractivity contribution in [3.8, 4) is 0 Å². The summed E-state index contributed by atoms with van der Waals surface area (Å²) in [5.74, 6) is -9.00. The molecule has 1 heterocycles. The van der Waals surface area contributed by atoms with Crippen LogP contribution in [0.1, 0.15) is 45.4 Å². The first-order valence-corrected chi connectivity index (χ1v) is 20.0. The van der Waals surface area contributed by atoms with Gasteiger partial charge in [-0.25, -0.2) is 0 Å². The van der Waals surface area contributed by atoms with Gasteiger partial charge < -0.3 is 68.1 Å². The van der Waals surface area contributed by atoms with Gasteiger partial charge in [-0.1, -0.05) is 0 Å². The van der Waals surface area contributed by atoms with Gasteiger partial charge in [-0.2, -0.15) is 11.8 Å². The molecule has 12 N–H and O–H groups in total. The molecule has 0 aromatic carbocycles. The number of carbonyl (C=O) groups is 12. The van der Waals surface area contributed by atoms with Crippen LogP contribution in [0.4, 0.5) is 0 Å². The highest BCUT2D eigenvalue weighted by Crippen LogP contribution is 2.17. The molecule has 0 spiro atoms. The maximum atomic E-state index is 12.8. The zero-order valence-electron chi connectivity index (χ0n) is 33.3. The molecule has 0 bridgehead atoms. The molecule has 1 saturated heterocycles. The average Bonchev–Trinajstić information content (AvgIpc) is 3.70. The first kappa shape index (κ1) is 52.1. The van der Waals surface area contributed by atoms with Gasteiger partial charge in [-0.15, -0.1) is 0 Å². The number of nitrogens with two attached hydrogens (primary N) is 1. The highest BCUT2D eigenvalue weighted by Gasteiger charge is 2.34. The highest BCUT2D eigenvalue weighted by molar-refractivity contribution is 7.98. The van der Waals surface area contributed by atoms with Crippen LogP contribution in [0.15, 0.2) is 0 Å². The number of thioether (sulfide) groups is 1. The Balaban J connectivity index is 2.49. The number of nitrogens with one attached hydrogen (secondary N) is 8. The van der Waals surface area contributed by atoms with E-state index in [1.165, 1.54) is 23.6 Å². The fourth-order valence-corrected chi connectivity index (χ4v) is 5.91. The summed E-state index contributed by atoms with van der Waals surface area (Å²) < 4.78 is 5.33. The van der Waals surface area contributed by atoms with E-state index in [1.54, 1.807) is 6.26 Å². The summed E-state index contributed by atoms with van der Waals surface area (Å²) in [6.07, 6.45) is 0.862. The van der Waals surface area contributed by atoms with Crippen molar-refractivity contribution in [2.45, 2.75) is 69.6 Å². The molecule has 26 heteroatoms. The van der Waals surface area contributed by atoms with Crippen LogP contribution in [0.3, 0.4) is 0 Å². The standard InChI is InChI=1S/C34H54N10O15S/c1-19(45)22(18-60-2)43-27(49)15-37-26(48)14-40-34(58)23-4-3-10-44(23)29(51)17-59-11-9-36-25(47)13-38-33(57)21(6-8-31(54)55)42-28(50)16-39-32(56)20(5-7-30(52)53)41-24(46)12-35/h20-23H,3-18,35H2,1-2H3,(H,36,47)(H,37,48)(H,38,57)(H,39,56)(H,40,58)(H,41,46)(H,42,50)(H,43,49)(H,52,53)(H,54,55)/t20-,21-,22+,23+/m1/s1. The summed E-state index contributed by atoms with van der Waals surface area (Å²) >= 11 is 1.37. The second kappa shape index (κ2) is 28.5. The minimum Gasteiger partial charge on any atom is -0.481 e. The summed E-state index contributed by atoms with van der Waals surface area (Å²) in [6, 6.07) is -4.35. The van der Waals surface area contributed by atoms with Gasteiger partial charge in [-0.05, 0) is 38.9 Å². The van der Waals surface area contributed by atoms with E-state index in [4.69, 9.17) is 20.7 Å². The van der Waals surface area contributed by atoms with E-state index >= 15 is 0 Å². The number of hydrogen-bond acceptors (Lipinski definition) is 15. The number of carboxylic acids is 2. The Morgan fingerprint density at radius 1 is 0.700 bits per heavy atom. The van der Waals surface area contributed by atoms with Gasteiger partial charge in [0.15, 0.2) is 5.78 Å². The number of likely N-dealkylation sites (tertiary alicyclic amines) is 1. The highest BCUT2D eigenvalue weighted by atomic mass is 32.2. The second-order valence-electron chi connectivity index (χ2n) is 13.1. The van der Waals surface area contributed by atoms with Gasteiger partial charge in [0.05, 0.1) is 45.4 Å². The molecule has 0 radical (unpaired) electrons. The van der Waals surface area contributed by atoms with Crippen molar-refractivity contribution >= 4 is 82.6 Å². The molecule has 1 aliphatic heterocycles. The minimum atomic E-state index is -1.45. The molecule has 336 valence electrons. The van der Waals surface area contributed by atoms with Crippen LogP contribution in [0, 0.1) is 0 Å². The van der Waals surface area contributed by atoms with Gasteiger partial charge in [-0.3, -0.25) is 57.5 Å². The Hall–Kier alpha value is -5.89. The van der Waals surface area contributed by atoms with Gasteiger partial charge in [0.25, 0.3) is 0 Å². The predicted molar refractivity (Wildman–Crippen MR) is 208 cm³/mol. The summed E-state index contributed by atoms with van der Waals surface area (Å²) in [5.41, 5.74) is 5.21. The molecule has 0 saturated carbocycles. The number of hydrogen-bond donors (Lipinski definition) is 11. The molecule has 1 fully saturated rings. The third-order valence-corrected chi connectivity index (χ3v) is 8.99. The van der Waals surface area contributed by atoms with Crippen molar-refractivity contribution in [1.29, 1.82) is 0 Å². The molecule has 60 heavy (non-hydrogen) atoms. The number of carboxylic acid groups (broad SMARTS) is 2. The topological polar surface area (TPSA) is 380 Å². The number of amides is 9. The molecule has 0 aromatic rings. The molecule has 1 aliphatic rings. The van der Waals surface area contributed by atoms with Crippen LogP contribution in [-0.2, 0) is 62.3 Å². The zero-order valence-corrected chi connectivity index (χ0v) is 34.1. The summed E-state index contributed by atoms with van der Waals surface area (Å²) in [5, 5.41) is 36.6. The van der Waals surface area contributed by atoms with Crippen LogP contribution in [-0.4, -0.2) is 181 Å². The lowest BCUT2D eigenvalue weighted by Gasteiger charge is -2.24. The molecular formula is C34H54N10O15S. The number of carbonyl (C=O) groups excluding carboxylic acids is 10. The molecule has 9 amide bonds. The molecule has 25 nitrogen and oxygen atoms in total. The average molecular weight is 875 g/mol. The fraction of sp³-hybridized carbons (Fsp3) is 0.647. The van der Waals surface area contributed by atoms with Gasteiger partial charge in [0, 0.05) is 31.7 Å². The lowest BCUT2D eigenvalue weighted by molar-refractivity contribution is -0.142. The Morgan fingerprint density at radius 2 is 1.20 bits per heavy atom. The van der Waals surface area contributed by atoms with Gasteiger partial charge in [0.2, 0.25) is 53.2 Å². The van der Waals surface area contributed by atoms with Crippen LogP contribution in [0.5, 0.6) is 0 Å². The molecule has 1 rings (SSSR count). The number of aliphatic carboxylic acids is 2. The zero-order chi connectivity index (χ0) is 45.2. The van der Waals surface area contributed by atoms with Crippen molar-refractivity contribution in [3.05, 3.63) is 0 Å². The van der Waals surface area contributed by atoms with Gasteiger partial charge >= 0.3 is 11.9 Å². The smallest absolute Gasteiger partial charge is 0.303 e. The van der Waals surface area contributed by atoms with Crippen molar-refractivity contribution < 1.29 is 72.5 Å². The third kappa shape index (κ3) is 21.8. The van der Waals surface area contributed by atoms with Crippen molar-refractivity contribution in [1.82, 2.24) is 47.4 Å². The van der Waals surface area contributed by atoms with Crippen molar-refractivity contribution in [2.24, 2.45) is 5.73 Å². The van der Waals surface area contributed by atoms with E-state index in [-0.39, 0.29) is 31.9 Å². The number of ether oxygens (including phenoxy) is 1. The number of nitrogens with zero attached hydrogens (tertiary/aromatic N) is 1. The van der Waals surface area contributed by atoms with Crippen LogP contribution in [0.25, 0.3) is 0 Å². The fourth-order valence-electron chi connectivity index (χ4n) is 5.26. The maximum Gasteiger partial charge on any atom is 0.303 e. The van der Waals surface area contributed by atoms with E-state index in [0.717, 1.165) is 0 Å². The summed E-state index contributed by atoms with van der Waals surface area (Å²) in [7, 11) is 0. The molecule has 0 unspecified atom stereocenters. The largest absolute Gasteiger partial charge is 0.481 e. The van der Waals surface area contributed by atoms with E-state index < -0.39 is 148 Å². The predicted octanol–water partition coefficient (Wildman–Crippen LogP) is -6.33. The Labute approximate surface area is 348 Å². The van der Waals surface area contributed by atoms with Crippen LogP contribution >= 0.6 is 11.8 Å². The number of Topliss-reactive ketones (excluding diaryl/α,β-unsaturated/α-hetero) is 1. The minimum absolute atomic E-state index is 0.107. The van der Waals surface area contributed by atoms with Crippen LogP contribution < -0.4 is 48.3 Å². The molecular weight excluding hydrogens is 820 g/mol. The third-order valence-electron chi connectivity index (χ3n) is 8.33. The van der Waals surface area contributed by atoms with Crippen molar-refractivity contribution in [2.75, 3.05) is 71.0 Å². The normalized spacial score (nSPS) is 14.6. The first-order valence-electron chi connectivity index (χ1n) is 18.6. The number of rotatable bonds is 29. The molecule has 0 aromatic heterocycles. The summed E-state index contributed by atoms with van der Waals surface area (Å²) in [4.78, 5) is 146. The Kier molecular flexibility index (Phi) is 24.8. The quantitative estimate of drug-likeness (QED) is 0.0311. The van der Waals surface area contributed by atoms with E-state index in [9.17, 15) is 57.5 Å². The van der Waals surface area contributed by atoms with Gasteiger partial charge in [0.1, 0.15) is 24.7 Å². The van der Waals surface area contributed by atoms with E-state index in [1.807, 2.05) is 0 Å². The van der Waals surface area contributed by atoms with Crippen molar-refractivity contribution in [3.63, 3.8) is 0 Å². The lowest BCUT2D eigenvalue weighted by Crippen LogP contribution is -2.53. The Morgan fingerprint density at radius 3 is 1.73 bits per heavy atom. The second-order valence-corrected chi connectivity index (χ2v) is 14.0. The molecule has 4 atom stereocenters. The maximum absolute atomic E-state index is 12.8. The lowest BCUT2D eigenvalue weighted by atomic mass is 10.1. The summed E-state index contributed by atoms with van der Waals surface area (Å²) in [6.45, 7) is -1.81. The SMILES string of the molecule is CSC[C@H](NC(=O)CNC(=O)CNC(=O)[C@@H]1CCCN1C(=O)COCCNC(=O)CNC(=O)[C@@H](CCC(=O)O)NC(=O)CNC(=O)[C@@H](CCC(=O)O)NC(=O)CN)C(C)=O. The Bertz CT molecular complexity index is 1580. The first-order chi connectivity index (χ1) is 28.4.